The molecule has 9 N–H and O–H groups in total. The van der Waals surface area contributed by atoms with Crippen LogP contribution in [0.5, 0.6) is 0 Å². The largest absolute Gasteiger partial charge is 1.00 e. The van der Waals surface area contributed by atoms with Gasteiger partial charge in [-0.05, 0) is 0 Å². The minimum atomic E-state index is -6.49. The molecule has 3 unspecified atom stereocenters. The van der Waals surface area contributed by atoms with E-state index in [0.717, 1.165) is 0 Å². The van der Waals surface area contributed by atoms with E-state index >= 15 is 0 Å². The molecule has 1 aliphatic carbocycles. The first kappa shape index (κ1) is 95.0. The van der Waals surface area contributed by atoms with Crippen LogP contribution in [0.3, 0.4) is 0 Å². The van der Waals surface area contributed by atoms with Gasteiger partial charge in [-0.3, -0.25) is 18.2 Å². The van der Waals surface area contributed by atoms with Crippen molar-refractivity contribution < 1.29 is 469 Å². The maximum Gasteiger partial charge on any atom is 1.00 e. The van der Waals surface area contributed by atoms with Crippen LogP contribution < -0.4 is 374 Å². The Labute approximate surface area is 539 Å². The molecule has 0 radical (unpaired) electrons. The zero-order chi connectivity index (χ0) is 27.8. The molecule has 48 heavy (non-hydrogen) atoms. The molecule has 1 aliphatic rings. The van der Waals surface area contributed by atoms with Crippen molar-refractivity contribution in [1.82, 2.24) is 0 Å². The molecule has 9 atom stereocenters. The summed E-state index contributed by atoms with van der Waals surface area (Å²) in [4.78, 5) is 108. The molecule has 24 nitrogen and oxygen atoms in total. The van der Waals surface area contributed by atoms with Crippen LogP contribution in [0.4, 0.5) is 0 Å². The fraction of sp³-hybridized carbons (Fsp3) is 1.00. The van der Waals surface area contributed by atoms with Crippen LogP contribution in [0.2, 0.25) is 0 Å². The molecule has 42 heteroatoms. The quantitative estimate of drug-likeness (QED) is 0.0705. The molecule has 0 amide bonds. The molecule has 0 aromatic heterocycles. The number of rotatable bonds is 12. The maximum atomic E-state index is 11.4. The van der Waals surface area contributed by atoms with Crippen molar-refractivity contribution in [2.45, 2.75) is 36.6 Å². The number of hydrogen-bond acceptors (Lipinski definition) is 16. The third kappa shape index (κ3) is 45.1. The van der Waals surface area contributed by atoms with Crippen LogP contribution in [0, 0.1) is 0 Å². The molecular weight excluding hydrogens is 918 g/mol. The van der Waals surface area contributed by atoms with Crippen molar-refractivity contribution in [2.75, 3.05) is 0 Å². The monoisotopic (exact) mass is 933 g/mol. The van der Waals surface area contributed by atoms with Gasteiger partial charge in [0.15, 0.2) is 6.10 Å². The zero-order valence-corrected chi connectivity index (χ0v) is 57.7. The van der Waals surface area contributed by atoms with E-state index in [9.17, 15) is 47.0 Å². The fourth-order valence-corrected chi connectivity index (χ4v) is 5.91. The van der Waals surface area contributed by atoms with E-state index < -0.39 is 84.0 Å². The molecule has 0 aromatic carbocycles. The van der Waals surface area contributed by atoms with Crippen molar-refractivity contribution in [3.63, 3.8) is 0 Å². The topological polar surface area (TPSA) is 423 Å². The van der Waals surface area contributed by atoms with Crippen LogP contribution in [-0.4, -0.2) is 76.4 Å². The number of hydrogen-bond donors (Lipinski definition) is 7. The van der Waals surface area contributed by atoms with Crippen molar-refractivity contribution in [3.05, 3.63) is 0 Å². The first-order valence-electron chi connectivity index (χ1n) is 7.74. The van der Waals surface area contributed by atoms with Gasteiger partial charge in [0.05, 0.1) is 7.82 Å². The van der Waals surface area contributed by atoms with Crippen molar-refractivity contribution in [2.24, 2.45) is 0 Å². The molecule has 0 saturated heterocycles. The van der Waals surface area contributed by atoms with Crippen LogP contribution in [0.1, 0.15) is 0 Å². The summed E-state index contributed by atoms with van der Waals surface area (Å²) < 4.78 is 91.7. The van der Waals surface area contributed by atoms with Gasteiger partial charge in [0, 0.05) is 4.57 Å². The molecule has 0 aliphatic heterocycles. The van der Waals surface area contributed by atoms with Crippen molar-refractivity contribution in [3.8, 4) is 0 Å². The Bertz CT molecular complexity index is 972. The Hall–Kier alpha value is 12.5. The van der Waals surface area contributed by atoms with Gasteiger partial charge in [-0.15, -0.1) is 9.42 Å². The molecule has 0 aromatic rings. The smallest absolute Gasteiger partial charge is 0.790 e. The molecule has 1 fully saturated rings. The summed E-state index contributed by atoms with van der Waals surface area (Å²) in [6, 6.07) is 0. The van der Waals surface area contributed by atoms with Crippen LogP contribution >= 0.6 is 47.4 Å². The van der Waals surface area contributed by atoms with Gasteiger partial charge >= 0.3 is 379 Å². The van der Waals surface area contributed by atoms with Gasteiger partial charge in [-0.1, -0.05) is 0 Å². The number of phosphoric acid groups is 5. The van der Waals surface area contributed by atoms with Crippen molar-refractivity contribution in [1.29, 1.82) is 0 Å². The summed E-state index contributed by atoms with van der Waals surface area (Å²) in [6.45, 7) is 0. The minimum Gasteiger partial charge on any atom is -0.790 e. The molecule has 0 bridgehead atoms. The molecule has 1 saturated carbocycles. The normalized spacial score (nSPS) is 23.7. The molecule has 0 heterocycles. The third-order valence-electron chi connectivity index (χ3n) is 3.43. The van der Waals surface area contributed by atoms with Gasteiger partial charge in [-0.2, -0.15) is 0 Å². The molecule has 1 rings (SSSR count). The van der Waals surface area contributed by atoms with E-state index in [0.29, 0.717) is 0 Å². The van der Waals surface area contributed by atoms with E-state index in [4.69, 9.17) is 34.3 Å². The fourth-order valence-electron chi connectivity index (χ4n) is 2.72. The summed E-state index contributed by atoms with van der Waals surface area (Å²) in [5, 5.41) is 0. The van der Waals surface area contributed by atoms with Crippen molar-refractivity contribution >= 4 is 47.4 Å². The molecular formula is C6H15Na12O24P6+9. The first-order valence-corrected chi connectivity index (χ1v) is 16.4. The summed E-state index contributed by atoms with van der Waals surface area (Å²) in [6.07, 6.45) is -18.8. The van der Waals surface area contributed by atoms with Crippen LogP contribution in [-0.2, 0) is 54.5 Å². The summed E-state index contributed by atoms with van der Waals surface area (Å²) in [5.74, 6) is 0. The predicted octanol–water partition coefficient (Wildman–Crippen LogP) is -41.9. The second-order valence-electron chi connectivity index (χ2n) is 6.02. The van der Waals surface area contributed by atoms with Gasteiger partial charge < -0.3 is 72.5 Å². The standard InChI is InChI=1S/C6H16O23P6.12Na.H2O/c7-30(8)24-1-2(25-31(9,10)11)4(27-33(15,16)17)6(29-35(21,22)23)5(28-34(18,19)20)3(1)26-32(12,13)14;;;;;;;;;;;;;/h1-6H,(H10-,7,8,9,10,11,12,13,14,15,16,17,18,19,20,21,22,23);;;;;;;;;;;;;1H2/q;12*+1;/p-3/t1-,2-,3+,4-,5-,6-;;;;;;;;;;;;;/m0............./s1. The van der Waals surface area contributed by atoms with Crippen LogP contribution in [0.15, 0.2) is 0 Å². The van der Waals surface area contributed by atoms with Gasteiger partial charge in [0.25, 0.3) is 15.6 Å². The molecule has 0 spiro atoms. The maximum absolute atomic E-state index is 11.4. The first-order chi connectivity index (χ1) is 15.3. The average molecular weight is 933 g/mol. The predicted molar refractivity (Wildman–Crippen MR) is 94.0 cm³/mol. The zero-order valence-electron chi connectivity index (χ0n) is 28.3. The van der Waals surface area contributed by atoms with E-state index in [1.807, 2.05) is 0 Å². The summed E-state index contributed by atoms with van der Waals surface area (Å²) >= 11 is 0. The van der Waals surface area contributed by atoms with Gasteiger partial charge in [-0.25, -0.2) is 9.13 Å². The van der Waals surface area contributed by atoms with E-state index in [1.54, 1.807) is 0 Å². The second-order valence-corrected chi connectivity index (χ2v) is 12.5. The van der Waals surface area contributed by atoms with E-state index in [1.165, 1.54) is 0 Å². The van der Waals surface area contributed by atoms with Crippen LogP contribution in [0.25, 0.3) is 0 Å². The third-order valence-corrected chi connectivity index (χ3v) is 6.41. The Kier molecular flexibility index (Phi) is 83.4. The minimum absolute atomic E-state index is 0. The second kappa shape index (κ2) is 42.2. The summed E-state index contributed by atoms with van der Waals surface area (Å²) in [5.41, 5.74) is 0. The molecule has 216 valence electrons. The number of phosphoric ester groups is 5. The van der Waals surface area contributed by atoms with Gasteiger partial charge in [0.1, 0.15) is 30.5 Å². The van der Waals surface area contributed by atoms with E-state index in [-0.39, 0.29) is 360 Å². The Morgan fingerprint density at radius 1 is 0.438 bits per heavy atom. The SMILES string of the molecule is O.O=[P+](O)O[C@@H]1[C@@H](OP(=O)([O-])O)[C@H](OP(=O)(O)O)[C@@H](OP(=O)([O-])[O-])[C@@H](OP(=O)([O-])O)[C@H]1OP(=O)(O)O.[Na+].[Na+].[Na+].[Na+].[Na+].[Na+].[Na+].[Na+].[Na+].[Na+].[Na+].[Na+]. The van der Waals surface area contributed by atoms with Gasteiger partial charge in [0.2, 0.25) is 0 Å². The Morgan fingerprint density at radius 3 is 0.854 bits per heavy atom. The Morgan fingerprint density at radius 2 is 0.646 bits per heavy atom. The summed E-state index contributed by atoms with van der Waals surface area (Å²) in [7, 11) is -35.0. The van der Waals surface area contributed by atoms with E-state index in [2.05, 4.69) is 27.1 Å². The average Bonchev–Trinajstić information content (AvgIpc) is 2.51. The Balaban J connectivity index is -0.0000000857.